The summed E-state index contributed by atoms with van der Waals surface area (Å²) in [6.07, 6.45) is 0. The Morgan fingerprint density at radius 2 is 1.92 bits per heavy atom. The molecule has 2 aromatic rings. The molecule has 1 aromatic heterocycles. The van der Waals surface area contributed by atoms with E-state index in [-0.39, 0.29) is 17.7 Å². The summed E-state index contributed by atoms with van der Waals surface area (Å²) in [6.45, 7) is 7.49. The van der Waals surface area contributed by atoms with Crippen LogP contribution in [0.2, 0.25) is 0 Å². The Bertz CT molecular complexity index is 751. The molecule has 0 saturated carbocycles. The first-order chi connectivity index (χ1) is 11.3. The maximum absolute atomic E-state index is 12.3. The average molecular weight is 329 g/mol. The molecule has 7 heteroatoms. The van der Waals surface area contributed by atoms with Crippen LogP contribution >= 0.6 is 0 Å². The molecule has 1 aromatic carbocycles. The lowest BCUT2D eigenvalue weighted by Gasteiger charge is -2.13. The summed E-state index contributed by atoms with van der Waals surface area (Å²) in [4.78, 5) is 28.8. The van der Waals surface area contributed by atoms with E-state index in [1.54, 1.807) is 26.1 Å². The lowest BCUT2D eigenvalue weighted by atomic mass is 10.1. The number of carbonyl (C=O) groups excluding carboxylic acids is 2. The molecule has 7 nitrogen and oxygen atoms in total. The van der Waals surface area contributed by atoms with Gasteiger partial charge in [-0.15, -0.1) is 0 Å². The minimum atomic E-state index is -0.697. The number of hydrogen-bond donors (Lipinski definition) is 2. The van der Waals surface area contributed by atoms with Gasteiger partial charge in [0.05, 0.1) is 0 Å². The zero-order chi connectivity index (χ0) is 17.9. The Hall–Kier alpha value is -2.70. The highest BCUT2D eigenvalue weighted by Gasteiger charge is 2.19. The van der Waals surface area contributed by atoms with Crippen molar-refractivity contribution < 1.29 is 9.59 Å². The molecule has 1 atom stereocenters. The van der Waals surface area contributed by atoms with Crippen LogP contribution in [0.25, 0.3) is 0 Å². The zero-order valence-electron chi connectivity index (χ0n) is 14.6. The van der Waals surface area contributed by atoms with E-state index in [1.165, 1.54) is 4.68 Å². The van der Waals surface area contributed by atoms with Gasteiger partial charge in [-0.3, -0.25) is 14.9 Å². The Balaban J connectivity index is 2.01. The van der Waals surface area contributed by atoms with Crippen LogP contribution in [0.5, 0.6) is 0 Å². The van der Waals surface area contributed by atoms with Gasteiger partial charge in [0.1, 0.15) is 6.04 Å². The Morgan fingerprint density at radius 3 is 2.50 bits per heavy atom. The number of rotatable bonds is 5. The second kappa shape index (κ2) is 7.25. The van der Waals surface area contributed by atoms with E-state index in [0.717, 1.165) is 5.56 Å². The van der Waals surface area contributed by atoms with E-state index in [1.807, 2.05) is 32.9 Å². The molecule has 24 heavy (non-hydrogen) atoms. The van der Waals surface area contributed by atoms with Crippen LogP contribution in [0.1, 0.15) is 48.4 Å². The van der Waals surface area contributed by atoms with Crippen molar-refractivity contribution in [1.82, 2.24) is 20.1 Å². The molecule has 0 fully saturated rings. The predicted molar refractivity (Wildman–Crippen MR) is 91.8 cm³/mol. The molecule has 0 radical (unpaired) electrons. The van der Waals surface area contributed by atoms with E-state index in [0.29, 0.717) is 17.3 Å². The molecule has 0 aliphatic heterocycles. The molecule has 1 unspecified atom stereocenters. The second-order valence-electron chi connectivity index (χ2n) is 6.13. The van der Waals surface area contributed by atoms with Gasteiger partial charge in [-0.1, -0.05) is 31.5 Å². The molecular formula is C17H23N5O2. The molecule has 0 aliphatic rings. The highest BCUT2D eigenvalue weighted by molar-refractivity contribution is 6.00. The third kappa shape index (κ3) is 4.18. The number of nitrogens with one attached hydrogen (secondary N) is 2. The lowest BCUT2D eigenvalue weighted by Crippen LogP contribution is -2.42. The number of hydrogen-bond acceptors (Lipinski definition) is 4. The summed E-state index contributed by atoms with van der Waals surface area (Å²) >= 11 is 0. The van der Waals surface area contributed by atoms with Gasteiger partial charge in [0.25, 0.3) is 5.91 Å². The largest absolute Gasteiger partial charge is 0.341 e. The smallest absolute Gasteiger partial charge is 0.251 e. The summed E-state index contributed by atoms with van der Waals surface area (Å²) in [5.41, 5.74) is 1.51. The molecule has 0 saturated heterocycles. The van der Waals surface area contributed by atoms with Crippen molar-refractivity contribution >= 4 is 17.8 Å². The van der Waals surface area contributed by atoms with Gasteiger partial charge in [0.2, 0.25) is 11.9 Å². The third-order valence-electron chi connectivity index (χ3n) is 3.55. The van der Waals surface area contributed by atoms with Crippen molar-refractivity contribution in [2.45, 2.75) is 39.7 Å². The predicted octanol–water partition coefficient (Wildman–Crippen LogP) is 2.00. The van der Waals surface area contributed by atoms with Gasteiger partial charge >= 0.3 is 0 Å². The standard InChI is InChI=1S/C17H23N5O2/c1-10(2)14-19-17(22(5)21-14)20-15(23)12(4)18-16(24)13-8-6-7-11(3)9-13/h6-10,12H,1-5H3,(H,18,24)(H,19,20,21,23). The quantitative estimate of drug-likeness (QED) is 0.878. The molecule has 1 heterocycles. The van der Waals surface area contributed by atoms with Gasteiger partial charge in [-0.25, -0.2) is 4.68 Å². The van der Waals surface area contributed by atoms with Crippen LogP contribution in [0.15, 0.2) is 24.3 Å². The van der Waals surface area contributed by atoms with Crippen LogP contribution < -0.4 is 10.6 Å². The van der Waals surface area contributed by atoms with Crippen molar-refractivity contribution in [2.24, 2.45) is 7.05 Å². The van der Waals surface area contributed by atoms with Gasteiger partial charge in [0.15, 0.2) is 5.82 Å². The van der Waals surface area contributed by atoms with Crippen LogP contribution in [0.3, 0.4) is 0 Å². The molecule has 2 amide bonds. The van der Waals surface area contributed by atoms with Crippen LogP contribution in [-0.2, 0) is 11.8 Å². The summed E-state index contributed by atoms with van der Waals surface area (Å²) in [6, 6.07) is 6.51. The van der Waals surface area contributed by atoms with E-state index in [9.17, 15) is 9.59 Å². The first-order valence-electron chi connectivity index (χ1n) is 7.87. The maximum atomic E-state index is 12.3. The molecule has 0 spiro atoms. The van der Waals surface area contributed by atoms with E-state index in [2.05, 4.69) is 20.7 Å². The van der Waals surface area contributed by atoms with Gasteiger partial charge < -0.3 is 5.32 Å². The van der Waals surface area contributed by atoms with E-state index in [4.69, 9.17) is 0 Å². The SMILES string of the molecule is Cc1cccc(C(=O)NC(C)C(=O)Nc2nc(C(C)C)nn2C)c1. The van der Waals surface area contributed by atoms with E-state index >= 15 is 0 Å². The molecule has 2 N–H and O–H groups in total. The van der Waals surface area contributed by atoms with Crippen molar-refractivity contribution in [3.05, 3.63) is 41.2 Å². The Kier molecular flexibility index (Phi) is 5.33. The minimum absolute atomic E-state index is 0.167. The molecule has 0 aliphatic carbocycles. The summed E-state index contributed by atoms with van der Waals surface area (Å²) in [5, 5.41) is 9.62. The van der Waals surface area contributed by atoms with Crippen LogP contribution in [0, 0.1) is 6.92 Å². The molecular weight excluding hydrogens is 306 g/mol. The first-order valence-corrected chi connectivity index (χ1v) is 7.87. The number of anilines is 1. The van der Waals surface area contributed by atoms with Gasteiger partial charge in [0, 0.05) is 18.5 Å². The van der Waals surface area contributed by atoms with Crippen molar-refractivity contribution in [3.8, 4) is 0 Å². The van der Waals surface area contributed by atoms with Crippen LogP contribution in [-0.4, -0.2) is 32.6 Å². The fourth-order valence-electron chi connectivity index (χ4n) is 2.11. The fourth-order valence-corrected chi connectivity index (χ4v) is 2.11. The summed E-state index contributed by atoms with van der Waals surface area (Å²) in [7, 11) is 1.71. The minimum Gasteiger partial charge on any atom is -0.341 e. The number of aromatic nitrogens is 3. The number of benzene rings is 1. The summed E-state index contributed by atoms with van der Waals surface area (Å²) < 4.78 is 1.52. The normalized spacial score (nSPS) is 12.1. The lowest BCUT2D eigenvalue weighted by molar-refractivity contribution is -0.117. The Morgan fingerprint density at radius 1 is 1.21 bits per heavy atom. The number of aryl methyl sites for hydroxylation is 2. The monoisotopic (exact) mass is 329 g/mol. The Labute approximate surface area is 141 Å². The highest BCUT2D eigenvalue weighted by Crippen LogP contribution is 2.12. The molecule has 128 valence electrons. The molecule has 2 rings (SSSR count). The highest BCUT2D eigenvalue weighted by atomic mass is 16.2. The van der Waals surface area contributed by atoms with Crippen molar-refractivity contribution in [1.29, 1.82) is 0 Å². The van der Waals surface area contributed by atoms with Gasteiger partial charge in [-0.05, 0) is 26.0 Å². The molecule has 0 bridgehead atoms. The van der Waals surface area contributed by atoms with Gasteiger partial charge in [-0.2, -0.15) is 10.1 Å². The van der Waals surface area contributed by atoms with Crippen LogP contribution in [0.4, 0.5) is 5.95 Å². The van der Waals surface area contributed by atoms with E-state index < -0.39 is 6.04 Å². The maximum Gasteiger partial charge on any atom is 0.251 e. The number of carbonyl (C=O) groups is 2. The van der Waals surface area contributed by atoms with Crippen molar-refractivity contribution in [3.63, 3.8) is 0 Å². The number of amides is 2. The third-order valence-corrected chi connectivity index (χ3v) is 3.55. The van der Waals surface area contributed by atoms with Crippen molar-refractivity contribution in [2.75, 3.05) is 5.32 Å². The number of nitrogens with zero attached hydrogens (tertiary/aromatic N) is 3. The zero-order valence-corrected chi connectivity index (χ0v) is 14.6. The average Bonchev–Trinajstić information content (AvgIpc) is 2.88. The fraction of sp³-hybridized carbons (Fsp3) is 0.412. The summed E-state index contributed by atoms with van der Waals surface area (Å²) in [5.74, 6) is 0.550. The topological polar surface area (TPSA) is 88.9 Å². The first kappa shape index (κ1) is 17.7. The second-order valence-corrected chi connectivity index (χ2v) is 6.13.